The van der Waals surface area contributed by atoms with E-state index in [0.717, 1.165) is 34.6 Å². The molecule has 3 N–H and O–H groups in total. The number of rotatable bonds is 7. The highest BCUT2D eigenvalue weighted by Gasteiger charge is 2.74. The van der Waals surface area contributed by atoms with Crippen LogP contribution in [-0.4, -0.2) is 59.0 Å². The summed E-state index contributed by atoms with van der Waals surface area (Å²) in [6, 6.07) is 5.12. The summed E-state index contributed by atoms with van der Waals surface area (Å²) in [7, 11) is -8.52. The van der Waals surface area contributed by atoms with Crippen molar-refractivity contribution in [2.75, 3.05) is 19.6 Å². The molecule has 1 aliphatic heterocycles. The first-order valence-corrected chi connectivity index (χ1v) is 17.1. The summed E-state index contributed by atoms with van der Waals surface area (Å²) in [6.45, 7) is 0.239. The highest BCUT2D eigenvalue weighted by atomic mass is 32.2. The number of benzene rings is 2. The van der Waals surface area contributed by atoms with E-state index in [0.29, 0.717) is 12.5 Å². The number of amides is 1. The maximum absolute atomic E-state index is 15.0. The number of alkyl halides is 7. The van der Waals surface area contributed by atoms with Gasteiger partial charge in [0.15, 0.2) is 9.84 Å². The summed E-state index contributed by atoms with van der Waals surface area (Å²) in [4.78, 5) is 13.1. The van der Waals surface area contributed by atoms with Gasteiger partial charge < -0.3 is 5.32 Å². The van der Waals surface area contributed by atoms with Gasteiger partial charge in [0, 0.05) is 31.1 Å². The SMILES string of the molecule is NS(=O)(=O)N1CCC(CNC(=O)[C@@H]2CC[C@@]3(S(=O)(=O)c4ccc(F)cc4)c4ccc(C(F)(C(F)(F)F)C(F)(F)F)cc4CC[C@@H]23)C1. The molecule has 8 nitrogen and oxygen atoms in total. The van der Waals surface area contributed by atoms with Gasteiger partial charge in [-0.25, -0.2) is 22.3 Å². The molecule has 2 aromatic rings. The summed E-state index contributed by atoms with van der Waals surface area (Å²) >= 11 is 0. The molecule has 2 aliphatic carbocycles. The molecule has 0 radical (unpaired) electrons. The van der Waals surface area contributed by atoms with Crippen molar-refractivity contribution in [2.45, 2.75) is 59.8 Å². The second kappa shape index (κ2) is 11.4. The molecule has 1 amide bonds. The zero-order chi connectivity index (χ0) is 34.1. The molecule has 18 heteroatoms. The quantitative estimate of drug-likeness (QED) is 0.327. The fraction of sp³-hybridized carbons (Fsp3) is 0.536. The number of hydrogen-bond acceptors (Lipinski definition) is 5. The number of fused-ring (bicyclic) bond motifs is 3. The number of sulfone groups is 1. The first-order chi connectivity index (χ1) is 21.1. The Morgan fingerprint density at radius 3 is 2.13 bits per heavy atom. The van der Waals surface area contributed by atoms with E-state index in [1.54, 1.807) is 0 Å². The fourth-order valence-electron chi connectivity index (χ4n) is 7.26. The molecule has 1 heterocycles. The summed E-state index contributed by atoms with van der Waals surface area (Å²) in [6.07, 6.45) is -13.1. The third kappa shape index (κ3) is 5.47. The Morgan fingerprint density at radius 2 is 1.57 bits per heavy atom. The number of halogens is 8. The predicted octanol–water partition coefficient (Wildman–Crippen LogP) is 4.40. The third-order valence-electron chi connectivity index (χ3n) is 9.49. The smallest absolute Gasteiger partial charge is 0.356 e. The van der Waals surface area contributed by atoms with Crippen molar-refractivity contribution < 1.29 is 56.8 Å². The number of carbonyl (C=O) groups excluding carboxylic acids is 1. The Morgan fingerprint density at radius 1 is 0.935 bits per heavy atom. The minimum absolute atomic E-state index is 0.0375. The van der Waals surface area contributed by atoms with Crippen LogP contribution < -0.4 is 10.5 Å². The summed E-state index contributed by atoms with van der Waals surface area (Å²) in [5, 5.41) is 7.89. The van der Waals surface area contributed by atoms with E-state index in [-0.39, 0.29) is 73.3 Å². The maximum Gasteiger partial charge on any atom is 0.435 e. The highest BCUT2D eigenvalue weighted by molar-refractivity contribution is 7.92. The van der Waals surface area contributed by atoms with Crippen LogP contribution in [0.1, 0.15) is 42.4 Å². The van der Waals surface area contributed by atoms with Crippen LogP contribution >= 0.6 is 0 Å². The molecule has 46 heavy (non-hydrogen) atoms. The van der Waals surface area contributed by atoms with Crippen molar-refractivity contribution >= 4 is 26.0 Å². The summed E-state index contributed by atoms with van der Waals surface area (Å²) in [5.41, 5.74) is -7.88. The molecule has 1 saturated carbocycles. The average Bonchev–Trinajstić information content (AvgIpc) is 3.60. The Balaban J connectivity index is 1.54. The van der Waals surface area contributed by atoms with Gasteiger partial charge in [-0.15, -0.1) is 0 Å². The van der Waals surface area contributed by atoms with E-state index in [1.807, 2.05) is 0 Å². The van der Waals surface area contributed by atoms with E-state index < -0.39 is 71.9 Å². The monoisotopic (exact) mass is 703 g/mol. The number of aryl methyl sites for hydroxylation is 1. The molecule has 1 unspecified atom stereocenters. The van der Waals surface area contributed by atoms with E-state index in [1.165, 1.54) is 0 Å². The topological polar surface area (TPSA) is 127 Å². The van der Waals surface area contributed by atoms with Gasteiger partial charge in [-0.1, -0.05) is 18.2 Å². The molecule has 4 atom stereocenters. The molecule has 2 aromatic carbocycles. The lowest BCUT2D eigenvalue weighted by molar-refractivity contribution is -0.348. The number of hydrogen-bond donors (Lipinski definition) is 2. The number of nitrogens with two attached hydrogens (primary N) is 1. The van der Waals surface area contributed by atoms with Crippen LogP contribution in [0.3, 0.4) is 0 Å². The minimum atomic E-state index is -6.38. The van der Waals surface area contributed by atoms with Crippen LogP contribution in [0.2, 0.25) is 0 Å². The maximum atomic E-state index is 15.0. The lowest BCUT2D eigenvalue weighted by Crippen LogP contribution is -2.51. The fourth-order valence-corrected chi connectivity index (χ4v) is 10.5. The van der Waals surface area contributed by atoms with E-state index in [4.69, 9.17) is 5.14 Å². The van der Waals surface area contributed by atoms with Crippen LogP contribution in [0.4, 0.5) is 35.1 Å². The van der Waals surface area contributed by atoms with Crippen LogP contribution in [0.5, 0.6) is 0 Å². The summed E-state index contributed by atoms with van der Waals surface area (Å²) < 4.78 is 161. The molecule has 0 aromatic heterocycles. The zero-order valence-electron chi connectivity index (χ0n) is 23.8. The standard InChI is InChI=1S/C28H29F8N3O5S2/c29-19-3-5-20(6-4-19)45(41,42)25-11-9-21(24(40)38-14-16-10-12-39(15-16)46(37,43)44)23(25)7-1-17-13-18(2-8-22(17)25)26(30,27(31,32)33)28(34,35)36/h2-6,8,13,16,21,23H,1,7,9-12,14-15H2,(H,38,40)(H2,37,43,44)/t16?,21-,23+,25-/m1/s1. The molecule has 254 valence electrons. The Labute approximate surface area is 259 Å². The zero-order valence-corrected chi connectivity index (χ0v) is 25.5. The second-order valence-corrected chi connectivity index (χ2v) is 15.7. The number of nitrogens with zero attached hydrogens (tertiary/aromatic N) is 1. The van der Waals surface area contributed by atoms with Gasteiger partial charge in [-0.3, -0.25) is 4.79 Å². The minimum Gasteiger partial charge on any atom is -0.356 e. The van der Waals surface area contributed by atoms with Gasteiger partial charge >= 0.3 is 18.0 Å². The van der Waals surface area contributed by atoms with Crippen molar-refractivity contribution in [3.05, 3.63) is 65.0 Å². The second-order valence-electron chi connectivity index (χ2n) is 12.0. The van der Waals surface area contributed by atoms with Gasteiger partial charge in [-0.2, -0.15) is 39.1 Å². The first kappa shape index (κ1) is 34.5. The molecular formula is C28H29F8N3O5S2. The normalized spacial score (nSPS) is 26.1. The van der Waals surface area contributed by atoms with E-state index >= 15 is 0 Å². The van der Waals surface area contributed by atoms with Crippen molar-refractivity contribution in [3.8, 4) is 0 Å². The van der Waals surface area contributed by atoms with Crippen LogP contribution in [0.25, 0.3) is 0 Å². The molecular weight excluding hydrogens is 674 g/mol. The van der Waals surface area contributed by atoms with Crippen LogP contribution in [0, 0.1) is 23.6 Å². The average molecular weight is 704 g/mol. The van der Waals surface area contributed by atoms with Gasteiger partial charge in [0.1, 0.15) is 10.6 Å². The largest absolute Gasteiger partial charge is 0.435 e. The lowest BCUT2D eigenvalue weighted by atomic mass is 9.72. The molecule has 0 spiro atoms. The molecule has 0 bridgehead atoms. The molecule has 3 aliphatic rings. The van der Waals surface area contributed by atoms with Crippen LogP contribution in [-0.2, 0) is 41.7 Å². The molecule has 2 fully saturated rings. The van der Waals surface area contributed by atoms with Crippen molar-refractivity contribution in [1.82, 2.24) is 9.62 Å². The van der Waals surface area contributed by atoms with Gasteiger partial charge in [0.2, 0.25) is 5.91 Å². The molecule has 1 saturated heterocycles. The molecule has 5 rings (SSSR count). The number of carbonyl (C=O) groups is 1. The Hall–Kier alpha value is -2.83. The van der Waals surface area contributed by atoms with Crippen molar-refractivity contribution in [3.63, 3.8) is 0 Å². The Kier molecular flexibility index (Phi) is 8.55. The Bertz CT molecular complexity index is 1720. The first-order valence-electron chi connectivity index (χ1n) is 14.2. The summed E-state index contributed by atoms with van der Waals surface area (Å²) in [5.74, 6) is -3.59. The van der Waals surface area contributed by atoms with Gasteiger partial charge in [0.05, 0.1) is 4.90 Å². The predicted molar refractivity (Wildman–Crippen MR) is 147 cm³/mol. The van der Waals surface area contributed by atoms with Crippen LogP contribution in [0.15, 0.2) is 47.4 Å². The third-order valence-corrected chi connectivity index (χ3v) is 13.1. The highest BCUT2D eigenvalue weighted by Crippen LogP contribution is 2.60. The number of nitrogens with one attached hydrogen (secondary N) is 1. The van der Waals surface area contributed by atoms with Crippen molar-refractivity contribution in [1.29, 1.82) is 0 Å². The van der Waals surface area contributed by atoms with Crippen molar-refractivity contribution in [2.24, 2.45) is 22.9 Å². The van der Waals surface area contributed by atoms with E-state index in [9.17, 15) is 56.8 Å². The van der Waals surface area contributed by atoms with E-state index in [2.05, 4.69) is 5.32 Å². The lowest BCUT2D eigenvalue weighted by Gasteiger charge is -2.42. The van der Waals surface area contributed by atoms with Gasteiger partial charge in [-0.05, 0) is 79.3 Å². The van der Waals surface area contributed by atoms with Gasteiger partial charge in [0.25, 0.3) is 10.2 Å².